The number of rotatable bonds is 10. The van der Waals surface area contributed by atoms with Gasteiger partial charge in [-0.15, -0.1) is 0 Å². The van der Waals surface area contributed by atoms with E-state index in [9.17, 15) is 35.3 Å². The molecule has 2 rings (SSSR count). The van der Waals surface area contributed by atoms with Crippen molar-refractivity contribution in [3.8, 4) is 12.3 Å². The van der Waals surface area contributed by atoms with Gasteiger partial charge in [0.05, 0.1) is 25.0 Å². The third-order valence-corrected chi connectivity index (χ3v) is 9.36. The van der Waals surface area contributed by atoms with Crippen LogP contribution in [-0.4, -0.2) is 73.2 Å². The molecule has 54 heavy (non-hydrogen) atoms. The van der Waals surface area contributed by atoms with Crippen molar-refractivity contribution in [1.82, 2.24) is 21.0 Å². The van der Waals surface area contributed by atoms with Crippen LogP contribution in [0.5, 0.6) is 0 Å². The van der Waals surface area contributed by atoms with Gasteiger partial charge in [-0.05, 0) is 48.5 Å². The number of carboxylic acids is 1. The predicted molar refractivity (Wildman–Crippen MR) is 188 cm³/mol. The molecule has 0 spiro atoms. The van der Waals surface area contributed by atoms with E-state index >= 15 is 0 Å². The van der Waals surface area contributed by atoms with Crippen LogP contribution in [0.25, 0.3) is 4.85 Å². The summed E-state index contributed by atoms with van der Waals surface area (Å²) in [5.74, 6) is -2.31. The van der Waals surface area contributed by atoms with Gasteiger partial charge >= 0.3 is 132 Å². The summed E-state index contributed by atoms with van der Waals surface area (Å²) in [6.45, 7) is 11.0. The Balaban J connectivity index is -0.000000312. The summed E-state index contributed by atoms with van der Waals surface area (Å²) in [7, 11) is 1.03. The molecule has 2 aromatic rings. The molecule has 0 aromatic carbocycles. The molecule has 2 atom stereocenters. The normalized spacial score (nSPS) is 12.2. The molecule has 2 heterocycles. The Morgan fingerprint density at radius 1 is 1.13 bits per heavy atom. The van der Waals surface area contributed by atoms with E-state index in [0.29, 0.717) is 18.2 Å². The minimum Gasteiger partial charge on any atom is -0.393 e. The third kappa shape index (κ3) is 27.4. The van der Waals surface area contributed by atoms with Crippen molar-refractivity contribution in [3.63, 3.8) is 0 Å². The molecule has 302 valence electrons. The topological polar surface area (TPSA) is 209 Å². The molecule has 0 saturated heterocycles. The van der Waals surface area contributed by atoms with Crippen molar-refractivity contribution in [1.29, 1.82) is 10.5 Å². The van der Waals surface area contributed by atoms with E-state index in [0.717, 1.165) is 25.4 Å². The second kappa shape index (κ2) is 28.3. The first-order valence-corrected chi connectivity index (χ1v) is 19.9. The molecule has 0 aliphatic rings. The van der Waals surface area contributed by atoms with E-state index in [-0.39, 0.29) is 17.4 Å². The van der Waals surface area contributed by atoms with E-state index in [1.165, 1.54) is 48.0 Å². The summed E-state index contributed by atoms with van der Waals surface area (Å²) < 4.78 is 92.3. The minimum absolute atomic E-state index is 0. The Morgan fingerprint density at radius 3 is 1.96 bits per heavy atom. The van der Waals surface area contributed by atoms with E-state index < -0.39 is 68.3 Å². The number of alkyl halides is 10. The molecule has 2 aromatic heterocycles. The largest absolute Gasteiger partial charge is 0.393 e. The number of hydrogen-bond donors (Lipinski definition) is 2. The fraction of sp³-hybridized carbons (Fsp3) is 0.387. The summed E-state index contributed by atoms with van der Waals surface area (Å²) in [6, 6.07) is 6.72. The van der Waals surface area contributed by atoms with Gasteiger partial charge in [0, 0.05) is 33.3 Å². The zero-order valence-corrected chi connectivity index (χ0v) is 34.3. The number of aromatic nitrogens is 2. The number of carbonyl (C=O) groups is 2. The molecule has 2 unspecified atom stereocenters. The fourth-order valence-electron chi connectivity index (χ4n) is 2.42. The summed E-state index contributed by atoms with van der Waals surface area (Å²) >= 11 is 7.76. The van der Waals surface area contributed by atoms with Crippen LogP contribution in [0.1, 0.15) is 48.5 Å². The first-order chi connectivity index (χ1) is 24.3. The molecule has 0 aliphatic carbocycles. The number of carboxylic acid groups (broad SMARTS) is 1. The van der Waals surface area contributed by atoms with Crippen molar-refractivity contribution >= 4 is 44.7 Å². The van der Waals surface area contributed by atoms with E-state index in [1.54, 1.807) is 26.1 Å². The molecular formula is C31H38Cl2F6IN8O5S-. The number of nitriles is 2. The van der Waals surface area contributed by atoms with Crippen molar-refractivity contribution < 1.29 is 71.2 Å². The number of ketones is 1. The summed E-state index contributed by atoms with van der Waals surface area (Å²) in [6.07, 6.45) is 9.81. The molecule has 0 aliphatic heterocycles. The van der Waals surface area contributed by atoms with Crippen molar-refractivity contribution in [2.45, 2.75) is 40.7 Å². The first-order valence-electron chi connectivity index (χ1n) is 13.9. The molecule has 4 N–H and O–H groups in total. The van der Waals surface area contributed by atoms with Crippen LogP contribution in [0, 0.1) is 29.4 Å². The molecule has 0 saturated carbocycles. The first kappa shape index (κ1) is 56.5. The van der Waals surface area contributed by atoms with Gasteiger partial charge in [0.25, 0.3) is 5.97 Å². The van der Waals surface area contributed by atoms with Gasteiger partial charge in [-0.2, -0.15) is 22.8 Å². The monoisotopic (exact) mass is 945 g/mol. The Bertz CT molecular complexity index is 1730. The van der Waals surface area contributed by atoms with Crippen LogP contribution in [0.2, 0.25) is 0 Å². The van der Waals surface area contributed by atoms with Gasteiger partial charge in [-0.25, -0.2) is 4.85 Å². The smallest absolute Gasteiger partial charge is 0.364 e. The van der Waals surface area contributed by atoms with E-state index in [2.05, 4.69) is 47.1 Å². The molecular weight excluding hydrogens is 908 g/mol. The van der Waals surface area contributed by atoms with Crippen LogP contribution in [0.4, 0.5) is 26.3 Å². The van der Waals surface area contributed by atoms with Crippen molar-refractivity contribution in [3.05, 3.63) is 95.3 Å². The average Bonchev–Trinajstić information content (AvgIpc) is 3.07. The third-order valence-electron chi connectivity index (χ3n) is 5.05. The van der Waals surface area contributed by atoms with Crippen LogP contribution < -0.4 is 27.4 Å². The zero-order valence-electron chi connectivity index (χ0n) is 29.8. The molecule has 0 bridgehead atoms. The number of ether oxygens (including phenoxy) is 1. The van der Waals surface area contributed by atoms with Crippen molar-refractivity contribution in [2.24, 2.45) is 4.36 Å². The van der Waals surface area contributed by atoms with Crippen LogP contribution in [0.15, 0.2) is 65.8 Å². The van der Waals surface area contributed by atoms with Gasteiger partial charge < -0.3 is 20.9 Å². The Kier molecular flexibility index (Phi) is 29.6. The standard InChI is InChI=1S/C11H13F2IN3OS.C7H3ClF2N2.C6H7ClF2O2.C5H8N2.C2H4O2.H3N/c1-8(19(3,18)17-7-15)9-4-5-10(16-6-9)11(12,13)14-2;8-7(9,10)6-2-1-5(3-11)4-12-6;1-2-11-4-3-5(10)6(7,8)9;1-6-4-5-7(2)3;1-2(3)4;/h4-6,8H,1-3H3;1-2,4H;3-4H,2H2,1H3;4-5H,2-3H3;1H3,(H,3,4);1H3/q-1;;;;;/b;;4-3+;5-4+;;. The van der Waals surface area contributed by atoms with E-state index in [1.807, 2.05) is 19.0 Å². The number of allylic oxidation sites excluding steroid dienone is 1. The molecule has 13 nitrogen and oxygen atoms in total. The zero-order chi connectivity index (χ0) is 42.1. The minimum atomic E-state index is -3.83. The number of carbonyl (C=O) groups excluding carboxylic acids is 1. The van der Waals surface area contributed by atoms with Gasteiger partial charge in [-0.1, -0.05) is 0 Å². The molecule has 0 fully saturated rings. The van der Waals surface area contributed by atoms with Crippen molar-refractivity contribution in [2.75, 3.05) is 31.9 Å². The molecule has 23 heteroatoms. The second-order valence-electron chi connectivity index (χ2n) is 9.43. The summed E-state index contributed by atoms with van der Waals surface area (Å²) in [5.41, 5.74) is -0.0678. The average molecular weight is 947 g/mol. The Hall–Kier alpha value is -4.21. The quantitative estimate of drug-likeness (QED) is 0.0626. The van der Waals surface area contributed by atoms with Gasteiger partial charge in [-0.3, -0.25) is 14.6 Å². The maximum atomic E-state index is 13.4. The second-order valence-corrected chi connectivity index (χ2v) is 15.4. The molecule has 0 radical (unpaired) electrons. The Labute approximate surface area is 330 Å². The molecule has 0 amide bonds. The maximum Gasteiger partial charge on any atom is 0.364 e. The summed E-state index contributed by atoms with van der Waals surface area (Å²) in [5, 5.41) is 16.4. The fourth-order valence-corrected chi connectivity index (χ4v) is 4.43. The number of pyridine rings is 2. The van der Waals surface area contributed by atoms with Crippen LogP contribution in [0.3, 0.4) is 0 Å². The predicted octanol–water partition coefficient (Wildman–Crippen LogP) is 4.86. The number of halogens is 9. The van der Waals surface area contributed by atoms with E-state index in [4.69, 9.17) is 27.0 Å². The van der Waals surface area contributed by atoms with Crippen LogP contribution in [-0.2, 0) is 33.4 Å². The maximum absolute atomic E-state index is 13.4. The Morgan fingerprint density at radius 2 is 1.65 bits per heavy atom. The number of aliphatic carboxylic acids is 1. The van der Waals surface area contributed by atoms with Gasteiger partial charge in [0.2, 0.25) is 5.78 Å². The number of nitrogens with zero attached hydrogens (tertiary/aromatic N) is 7. The SMILES string of the molecule is CC(=O)O.CCO/C=C/C(=O)C(F)(F)Cl.C[I-]C(F)(F)c1ccc(C(C)S(C)(=O)=NC#N)cn1.N.N#Cc1ccc(C(F)(F)Cl)nc1.[C-]#[N+]/C=C/N(C)C. The van der Waals surface area contributed by atoms with Gasteiger partial charge in [0.15, 0.2) is 6.20 Å². The summed E-state index contributed by atoms with van der Waals surface area (Å²) in [4.78, 5) is 32.7. The van der Waals surface area contributed by atoms with Gasteiger partial charge in [0.1, 0.15) is 11.8 Å². The number of hydrogen-bond acceptors (Lipinski definition) is 11. The van der Waals surface area contributed by atoms with Crippen LogP contribution >= 0.6 is 23.2 Å².